The Bertz CT molecular complexity index is 995. The van der Waals surface area contributed by atoms with Gasteiger partial charge in [0.05, 0.1) is 22.4 Å². The van der Waals surface area contributed by atoms with E-state index in [0.29, 0.717) is 42.1 Å². The van der Waals surface area contributed by atoms with Crippen LogP contribution in [0.25, 0.3) is 0 Å². The quantitative estimate of drug-likeness (QED) is 0.612. The van der Waals surface area contributed by atoms with E-state index in [-0.39, 0.29) is 12.2 Å². The van der Waals surface area contributed by atoms with Crippen LogP contribution >= 0.6 is 0 Å². The van der Waals surface area contributed by atoms with E-state index in [1.54, 1.807) is 48.6 Å². The first-order chi connectivity index (χ1) is 14.9. The van der Waals surface area contributed by atoms with Gasteiger partial charge in [-0.3, -0.25) is 0 Å². The molecule has 0 aliphatic heterocycles. The number of allylic oxidation sites excluding steroid dienone is 4. The molecular weight excluding hydrogens is 416 g/mol. The Morgan fingerprint density at radius 3 is 2.03 bits per heavy atom. The first kappa shape index (κ1) is 21.9. The molecule has 166 valence electrons. The molecule has 0 aromatic rings. The highest BCUT2D eigenvalue weighted by Gasteiger charge is 2.29. The molecule has 0 amide bonds. The number of aliphatic hydroxyl groups excluding tert-OH is 2. The lowest BCUT2D eigenvalue weighted by Gasteiger charge is -2.24. The van der Waals surface area contributed by atoms with E-state index < -0.39 is 27.3 Å². The zero-order valence-corrected chi connectivity index (χ0v) is 18.0. The molecule has 6 nitrogen and oxygen atoms in total. The number of hydrogen-bond donors (Lipinski definition) is 2. The second kappa shape index (κ2) is 9.42. The minimum Gasteiger partial charge on any atom is -0.487 e. The smallest absolute Gasteiger partial charge is 0.184 e. The summed E-state index contributed by atoms with van der Waals surface area (Å²) in [6.45, 7) is 0. The lowest BCUT2D eigenvalue weighted by Crippen LogP contribution is -2.24. The van der Waals surface area contributed by atoms with Crippen molar-refractivity contribution in [1.82, 2.24) is 0 Å². The van der Waals surface area contributed by atoms with Gasteiger partial charge in [0.25, 0.3) is 0 Å². The fourth-order valence-corrected chi connectivity index (χ4v) is 5.44. The highest BCUT2D eigenvalue weighted by molar-refractivity contribution is 7.96. The van der Waals surface area contributed by atoms with Crippen LogP contribution in [0.5, 0.6) is 0 Å². The Balaban J connectivity index is 1.31. The predicted molar refractivity (Wildman–Crippen MR) is 118 cm³/mol. The van der Waals surface area contributed by atoms with Gasteiger partial charge in [-0.25, -0.2) is 8.42 Å². The summed E-state index contributed by atoms with van der Waals surface area (Å²) >= 11 is 0. The molecule has 0 fully saturated rings. The van der Waals surface area contributed by atoms with Crippen LogP contribution in [0.3, 0.4) is 0 Å². The predicted octanol–water partition coefficient (Wildman–Crippen LogP) is 3.14. The summed E-state index contributed by atoms with van der Waals surface area (Å²) in [5.74, 6) is 1.35. The average Bonchev–Trinajstić information content (AvgIpc) is 2.78. The van der Waals surface area contributed by atoms with Gasteiger partial charge in [0.2, 0.25) is 0 Å². The monoisotopic (exact) mass is 444 g/mol. The van der Waals surface area contributed by atoms with Gasteiger partial charge in [-0.2, -0.15) is 0 Å². The summed E-state index contributed by atoms with van der Waals surface area (Å²) in [4.78, 5) is 0.313. The SMILES string of the molecule is O=S(=O)(C1=CCC(OC2=CCC(O)C=C2)C=C1)C1C=CC(OC2C=CC(O)CC2)=CC1. The van der Waals surface area contributed by atoms with Gasteiger partial charge < -0.3 is 19.7 Å². The van der Waals surface area contributed by atoms with Crippen molar-refractivity contribution < 1.29 is 28.1 Å². The molecule has 4 aliphatic rings. The van der Waals surface area contributed by atoms with Crippen LogP contribution in [0.15, 0.2) is 83.3 Å². The molecule has 4 rings (SSSR count). The van der Waals surface area contributed by atoms with Crippen LogP contribution in [-0.2, 0) is 19.3 Å². The van der Waals surface area contributed by atoms with E-state index in [1.165, 1.54) is 0 Å². The maximum atomic E-state index is 13.0. The van der Waals surface area contributed by atoms with Crippen molar-refractivity contribution in [3.8, 4) is 0 Å². The molecule has 0 heterocycles. The molecule has 31 heavy (non-hydrogen) atoms. The largest absolute Gasteiger partial charge is 0.487 e. The summed E-state index contributed by atoms with van der Waals surface area (Å²) < 4.78 is 37.8. The van der Waals surface area contributed by atoms with Gasteiger partial charge >= 0.3 is 0 Å². The van der Waals surface area contributed by atoms with Gasteiger partial charge in [0, 0.05) is 6.42 Å². The molecule has 0 bridgehead atoms. The standard InChI is InChI=1S/C24H28O6S/c25-17-1-5-19(6-2-17)29-21-9-13-23(14-10-21)31(27,28)24-15-11-22(12-16-24)30-20-7-3-18(26)4-8-20/h1,3,5-7,9,11-15,17-18,20-21,24-26H,2,4,8,10,16H2. The van der Waals surface area contributed by atoms with E-state index in [4.69, 9.17) is 9.47 Å². The normalized spacial score (nSPS) is 32.8. The first-order valence-electron chi connectivity index (χ1n) is 10.7. The Kier molecular flexibility index (Phi) is 6.65. The van der Waals surface area contributed by atoms with Gasteiger partial charge in [0.1, 0.15) is 23.7 Å². The third-order valence-corrected chi connectivity index (χ3v) is 7.80. The van der Waals surface area contributed by atoms with Gasteiger partial charge in [-0.05, 0) is 68.2 Å². The Morgan fingerprint density at radius 1 is 0.710 bits per heavy atom. The highest BCUT2D eigenvalue weighted by Crippen LogP contribution is 2.29. The minimum absolute atomic E-state index is 0.0919. The van der Waals surface area contributed by atoms with Crippen molar-refractivity contribution in [1.29, 1.82) is 0 Å². The maximum absolute atomic E-state index is 13.0. The maximum Gasteiger partial charge on any atom is 0.184 e. The fourth-order valence-electron chi connectivity index (χ4n) is 3.86. The molecule has 5 atom stereocenters. The number of sulfone groups is 1. The minimum atomic E-state index is -3.49. The molecule has 0 spiro atoms. The fraction of sp³-hybridized carbons (Fsp3) is 0.417. The lowest BCUT2D eigenvalue weighted by atomic mass is 10.0. The van der Waals surface area contributed by atoms with E-state index in [0.717, 1.165) is 6.42 Å². The Hall–Kier alpha value is -2.35. The summed E-state index contributed by atoms with van der Waals surface area (Å²) in [5.41, 5.74) is 0. The molecule has 5 unspecified atom stereocenters. The molecule has 0 saturated heterocycles. The topological polar surface area (TPSA) is 93.1 Å². The summed E-state index contributed by atoms with van der Waals surface area (Å²) in [7, 11) is -3.49. The van der Waals surface area contributed by atoms with Crippen molar-refractivity contribution in [2.45, 2.75) is 61.8 Å². The molecule has 4 aliphatic carbocycles. The van der Waals surface area contributed by atoms with Crippen LogP contribution < -0.4 is 0 Å². The Morgan fingerprint density at radius 2 is 1.45 bits per heavy atom. The van der Waals surface area contributed by atoms with E-state index in [2.05, 4.69) is 0 Å². The first-order valence-corrected chi connectivity index (χ1v) is 12.2. The molecule has 0 radical (unpaired) electrons. The third-order valence-electron chi connectivity index (χ3n) is 5.69. The molecule has 0 saturated carbocycles. The zero-order chi connectivity index (χ0) is 21.8. The lowest BCUT2D eigenvalue weighted by molar-refractivity contribution is 0.117. The van der Waals surface area contributed by atoms with Crippen molar-refractivity contribution in [2.75, 3.05) is 0 Å². The van der Waals surface area contributed by atoms with Crippen LogP contribution in [0.4, 0.5) is 0 Å². The van der Waals surface area contributed by atoms with Crippen LogP contribution in [0, 0.1) is 0 Å². The third kappa shape index (κ3) is 5.47. The van der Waals surface area contributed by atoms with Gasteiger partial charge in [-0.1, -0.05) is 24.3 Å². The molecular formula is C24H28O6S. The molecule has 7 heteroatoms. The van der Waals surface area contributed by atoms with Crippen LogP contribution in [0.1, 0.15) is 32.1 Å². The van der Waals surface area contributed by atoms with Crippen LogP contribution in [-0.4, -0.2) is 48.3 Å². The molecule has 0 aromatic heterocycles. The number of aliphatic hydroxyl groups is 2. The molecule has 0 aromatic carbocycles. The Labute approximate surface area is 183 Å². The van der Waals surface area contributed by atoms with Crippen LogP contribution in [0.2, 0.25) is 0 Å². The van der Waals surface area contributed by atoms with E-state index >= 15 is 0 Å². The molecule has 2 N–H and O–H groups in total. The second-order valence-corrected chi connectivity index (χ2v) is 10.3. The number of rotatable bonds is 6. The van der Waals surface area contributed by atoms with Crippen molar-refractivity contribution in [2.24, 2.45) is 0 Å². The van der Waals surface area contributed by atoms with Crippen molar-refractivity contribution in [3.63, 3.8) is 0 Å². The number of hydrogen-bond acceptors (Lipinski definition) is 6. The average molecular weight is 445 g/mol. The highest BCUT2D eigenvalue weighted by atomic mass is 32.2. The van der Waals surface area contributed by atoms with E-state index in [1.807, 2.05) is 18.2 Å². The zero-order valence-electron chi connectivity index (χ0n) is 17.2. The van der Waals surface area contributed by atoms with E-state index in [9.17, 15) is 18.6 Å². The summed E-state index contributed by atoms with van der Waals surface area (Å²) in [6, 6.07) is 0. The van der Waals surface area contributed by atoms with Gasteiger partial charge in [0.15, 0.2) is 9.84 Å². The van der Waals surface area contributed by atoms with Crippen molar-refractivity contribution >= 4 is 9.84 Å². The summed E-state index contributed by atoms with van der Waals surface area (Å²) in [5, 5.41) is 18.4. The number of ether oxygens (including phenoxy) is 2. The second-order valence-electron chi connectivity index (χ2n) is 8.10. The summed E-state index contributed by atoms with van der Waals surface area (Å²) in [6.07, 6.45) is 20.7. The van der Waals surface area contributed by atoms with Gasteiger partial charge in [-0.15, -0.1) is 0 Å². The van der Waals surface area contributed by atoms with Crippen molar-refractivity contribution in [3.05, 3.63) is 83.3 Å².